The molecule has 0 spiro atoms. The molecular formula is C22H18FN3O3S. The molecule has 1 N–H and O–H groups in total. The number of aromatic nitrogens is 1. The standard InChI is InChI=1S/C22H18FN3O3S/c23-16-4-3-5-17(10-16)29-21-9-8-15(12-25-21)11-24-20(27)13-26-18-6-1-2-7-19(18)30-14-22(26)28/h1-10,12H,11,13-14H2,(H,24,27). The predicted octanol–water partition coefficient (Wildman–Crippen LogP) is 3.77. The number of fused-ring (bicyclic) bond motifs is 1. The van der Waals surface area contributed by atoms with Gasteiger partial charge in [-0.05, 0) is 29.8 Å². The Morgan fingerprint density at radius 2 is 2.03 bits per heavy atom. The van der Waals surface area contributed by atoms with Crippen LogP contribution in [0.2, 0.25) is 0 Å². The van der Waals surface area contributed by atoms with Crippen molar-refractivity contribution in [2.75, 3.05) is 17.2 Å². The molecule has 152 valence electrons. The summed E-state index contributed by atoms with van der Waals surface area (Å²) < 4.78 is 18.7. The zero-order valence-electron chi connectivity index (χ0n) is 15.9. The first-order valence-corrected chi connectivity index (χ1v) is 10.2. The highest BCUT2D eigenvalue weighted by molar-refractivity contribution is 8.00. The molecule has 0 saturated heterocycles. The average molecular weight is 423 g/mol. The monoisotopic (exact) mass is 423 g/mol. The zero-order valence-corrected chi connectivity index (χ0v) is 16.7. The number of benzene rings is 2. The molecule has 0 bridgehead atoms. The summed E-state index contributed by atoms with van der Waals surface area (Å²) in [4.78, 5) is 31.3. The molecule has 2 aromatic carbocycles. The van der Waals surface area contributed by atoms with Crippen LogP contribution in [-0.2, 0) is 16.1 Å². The highest BCUT2D eigenvalue weighted by Gasteiger charge is 2.26. The summed E-state index contributed by atoms with van der Waals surface area (Å²) in [5.74, 6) is 0.262. The number of anilines is 1. The minimum Gasteiger partial charge on any atom is -0.439 e. The van der Waals surface area contributed by atoms with Crippen molar-refractivity contribution in [3.05, 3.63) is 78.2 Å². The van der Waals surface area contributed by atoms with E-state index in [4.69, 9.17) is 4.74 Å². The van der Waals surface area contributed by atoms with Crippen molar-refractivity contribution in [1.29, 1.82) is 0 Å². The third-order valence-electron chi connectivity index (χ3n) is 4.42. The van der Waals surface area contributed by atoms with Crippen LogP contribution in [0.25, 0.3) is 0 Å². The molecule has 2 heterocycles. The van der Waals surface area contributed by atoms with Crippen LogP contribution in [0.1, 0.15) is 5.56 Å². The Morgan fingerprint density at radius 1 is 1.17 bits per heavy atom. The Balaban J connectivity index is 1.32. The van der Waals surface area contributed by atoms with Crippen LogP contribution >= 0.6 is 11.8 Å². The fourth-order valence-electron chi connectivity index (χ4n) is 2.95. The molecule has 0 saturated carbocycles. The Hall–Kier alpha value is -3.39. The molecule has 2 amide bonds. The molecule has 0 unspecified atom stereocenters. The van der Waals surface area contributed by atoms with E-state index in [-0.39, 0.29) is 30.7 Å². The topological polar surface area (TPSA) is 71.5 Å². The van der Waals surface area contributed by atoms with Crippen molar-refractivity contribution < 1.29 is 18.7 Å². The molecular weight excluding hydrogens is 405 g/mol. The van der Waals surface area contributed by atoms with Crippen LogP contribution in [0.5, 0.6) is 11.6 Å². The van der Waals surface area contributed by atoms with Crippen molar-refractivity contribution in [2.45, 2.75) is 11.4 Å². The largest absolute Gasteiger partial charge is 0.439 e. The summed E-state index contributed by atoms with van der Waals surface area (Å²) in [6.45, 7) is 0.231. The highest BCUT2D eigenvalue weighted by Crippen LogP contribution is 2.34. The fourth-order valence-corrected chi connectivity index (χ4v) is 3.89. The molecule has 0 fully saturated rings. The molecule has 8 heteroatoms. The van der Waals surface area contributed by atoms with E-state index in [1.165, 1.54) is 28.8 Å². The Labute approximate surface area is 177 Å². The normalized spacial score (nSPS) is 13.0. The van der Waals surface area contributed by atoms with Crippen molar-refractivity contribution in [3.63, 3.8) is 0 Å². The number of rotatable bonds is 6. The van der Waals surface area contributed by atoms with Gasteiger partial charge >= 0.3 is 0 Å². The smallest absolute Gasteiger partial charge is 0.240 e. The van der Waals surface area contributed by atoms with Crippen LogP contribution in [0.3, 0.4) is 0 Å². The van der Waals surface area contributed by atoms with Gasteiger partial charge in [0.2, 0.25) is 17.7 Å². The van der Waals surface area contributed by atoms with E-state index in [2.05, 4.69) is 10.3 Å². The van der Waals surface area contributed by atoms with Crippen molar-refractivity contribution in [2.24, 2.45) is 0 Å². The van der Waals surface area contributed by atoms with E-state index in [0.29, 0.717) is 17.4 Å². The van der Waals surface area contributed by atoms with Gasteiger partial charge in [-0.2, -0.15) is 0 Å². The van der Waals surface area contributed by atoms with Gasteiger partial charge in [-0.1, -0.05) is 24.3 Å². The van der Waals surface area contributed by atoms with E-state index in [1.54, 1.807) is 30.5 Å². The minimum atomic E-state index is -0.389. The molecule has 4 rings (SSSR count). The quantitative estimate of drug-likeness (QED) is 0.654. The van der Waals surface area contributed by atoms with Crippen molar-refractivity contribution >= 4 is 29.3 Å². The number of nitrogens with zero attached hydrogens (tertiary/aromatic N) is 2. The van der Waals surface area contributed by atoms with Gasteiger partial charge in [0.1, 0.15) is 18.1 Å². The lowest BCUT2D eigenvalue weighted by atomic mass is 10.2. The molecule has 3 aromatic rings. The first-order valence-electron chi connectivity index (χ1n) is 9.26. The molecule has 0 atom stereocenters. The first-order chi connectivity index (χ1) is 14.6. The Bertz CT molecular complexity index is 1080. The number of carbonyl (C=O) groups is 2. The number of carbonyl (C=O) groups excluding carboxylic acids is 2. The minimum absolute atomic E-state index is 0.0371. The second kappa shape index (κ2) is 8.96. The lowest BCUT2D eigenvalue weighted by Gasteiger charge is -2.28. The Morgan fingerprint density at radius 3 is 2.83 bits per heavy atom. The van der Waals surface area contributed by atoms with Crippen LogP contribution in [0.15, 0.2) is 71.8 Å². The number of hydrogen-bond acceptors (Lipinski definition) is 5. The van der Waals surface area contributed by atoms with E-state index < -0.39 is 0 Å². The maximum Gasteiger partial charge on any atom is 0.240 e. The van der Waals surface area contributed by atoms with Gasteiger partial charge in [-0.25, -0.2) is 9.37 Å². The number of ether oxygens (including phenoxy) is 1. The van der Waals surface area contributed by atoms with Gasteiger partial charge in [0.25, 0.3) is 0 Å². The number of thioether (sulfide) groups is 1. The number of nitrogens with one attached hydrogen (secondary N) is 1. The average Bonchev–Trinajstić information content (AvgIpc) is 2.75. The van der Waals surface area contributed by atoms with E-state index in [1.807, 2.05) is 24.3 Å². The van der Waals surface area contributed by atoms with Crippen LogP contribution in [-0.4, -0.2) is 29.1 Å². The number of para-hydroxylation sites is 1. The molecule has 30 heavy (non-hydrogen) atoms. The summed E-state index contributed by atoms with van der Waals surface area (Å²) in [6.07, 6.45) is 1.58. The summed E-state index contributed by atoms with van der Waals surface area (Å²) >= 11 is 1.48. The number of halogens is 1. The van der Waals surface area contributed by atoms with Crippen molar-refractivity contribution in [1.82, 2.24) is 10.3 Å². The molecule has 0 radical (unpaired) electrons. The SMILES string of the molecule is O=C(CN1C(=O)CSc2ccccc21)NCc1ccc(Oc2cccc(F)c2)nc1. The molecule has 1 aliphatic heterocycles. The van der Waals surface area contributed by atoms with Gasteiger partial charge < -0.3 is 15.0 Å². The Kier molecular flexibility index (Phi) is 5.94. The fraction of sp³-hybridized carbons (Fsp3) is 0.136. The number of pyridine rings is 1. The van der Waals surface area contributed by atoms with Gasteiger partial charge in [0, 0.05) is 29.8 Å². The summed E-state index contributed by atoms with van der Waals surface area (Å²) in [6, 6.07) is 16.8. The lowest BCUT2D eigenvalue weighted by Crippen LogP contribution is -2.43. The number of amides is 2. The second-order valence-corrected chi connectivity index (χ2v) is 7.59. The molecule has 1 aromatic heterocycles. The van der Waals surface area contributed by atoms with Crippen LogP contribution in [0.4, 0.5) is 10.1 Å². The summed E-state index contributed by atoms with van der Waals surface area (Å²) in [7, 11) is 0. The van der Waals surface area contributed by atoms with Gasteiger partial charge in [0.05, 0.1) is 11.4 Å². The van der Waals surface area contributed by atoms with Crippen molar-refractivity contribution in [3.8, 4) is 11.6 Å². The zero-order chi connectivity index (χ0) is 20.9. The van der Waals surface area contributed by atoms with Crippen LogP contribution in [0, 0.1) is 5.82 Å². The van der Waals surface area contributed by atoms with Gasteiger partial charge in [-0.15, -0.1) is 11.8 Å². The summed E-state index contributed by atoms with van der Waals surface area (Å²) in [5.41, 5.74) is 1.53. The third kappa shape index (κ3) is 4.77. The van der Waals surface area contributed by atoms with E-state index in [0.717, 1.165) is 16.1 Å². The number of hydrogen-bond donors (Lipinski definition) is 1. The maximum absolute atomic E-state index is 13.2. The highest BCUT2D eigenvalue weighted by atomic mass is 32.2. The lowest BCUT2D eigenvalue weighted by molar-refractivity contribution is -0.123. The van der Waals surface area contributed by atoms with E-state index >= 15 is 0 Å². The maximum atomic E-state index is 13.2. The first kappa shape index (κ1) is 19.9. The van der Waals surface area contributed by atoms with Gasteiger partial charge in [-0.3, -0.25) is 9.59 Å². The van der Waals surface area contributed by atoms with E-state index in [9.17, 15) is 14.0 Å². The van der Waals surface area contributed by atoms with Gasteiger partial charge in [0.15, 0.2) is 0 Å². The third-order valence-corrected chi connectivity index (χ3v) is 5.46. The predicted molar refractivity (Wildman–Crippen MR) is 112 cm³/mol. The van der Waals surface area contributed by atoms with Crippen LogP contribution < -0.4 is 15.0 Å². The molecule has 1 aliphatic rings. The second-order valence-electron chi connectivity index (χ2n) is 6.58. The summed E-state index contributed by atoms with van der Waals surface area (Å²) in [5, 5.41) is 2.80. The molecule has 6 nitrogen and oxygen atoms in total. The molecule has 0 aliphatic carbocycles.